The van der Waals surface area contributed by atoms with E-state index in [0.717, 1.165) is 18.8 Å². The maximum absolute atomic E-state index is 11.3. The number of benzene rings is 1. The molecule has 0 radical (unpaired) electrons. The van der Waals surface area contributed by atoms with Gasteiger partial charge < -0.3 is 10.6 Å². The molecule has 0 bridgehead atoms. The van der Waals surface area contributed by atoms with Gasteiger partial charge in [-0.2, -0.15) is 0 Å². The minimum atomic E-state index is -0.267. The van der Waals surface area contributed by atoms with Crippen LogP contribution in [0.15, 0.2) is 24.3 Å². The van der Waals surface area contributed by atoms with E-state index in [4.69, 9.17) is 0 Å². The van der Waals surface area contributed by atoms with Crippen LogP contribution < -0.4 is 16.0 Å². The molecule has 114 valence electrons. The summed E-state index contributed by atoms with van der Waals surface area (Å²) in [6, 6.07) is 8.43. The van der Waals surface area contributed by atoms with Crippen LogP contribution in [0, 0.1) is 0 Å². The normalized spacial score (nSPS) is 17.0. The maximum atomic E-state index is 11.3. The zero-order valence-electron chi connectivity index (χ0n) is 12.4. The van der Waals surface area contributed by atoms with E-state index in [1.54, 1.807) is 0 Å². The number of anilines is 1. The number of nitrogens with one attached hydrogen (secondary N) is 3. The van der Waals surface area contributed by atoms with Gasteiger partial charge in [-0.3, -0.25) is 14.9 Å². The topological polar surface area (TPSA) is 70.2 Å². The third-order valence-electron chi connectivity index (χ3n) is 3.85. The van der Waals surface area contributed by atoms with Gasteiger partial charge in [-0.1, -0.05) is 12.1 Å². The largest absolute Gasteiger partial charge is 0.382 e. The van der Waals surface area contributed by atoms with E-state index >= 15 is 0 Å². The lowest BCUT2D eigenvalue weighted by Crippen LogP contribution is -2.28. The molecule has 1 unspecified atom stereocenters. The molecule has 1 saturated heterocycles. The Morgan fingerprint density at radius 1 is 1.33 bits per heavy atom. The van der Waals surface area contributed by atoms with Crippen LogP contribution in [0.1, 0.15) is 37.7 Å². The molecule has 5 heteroatoms. The third kappa shape index (κ3) is 4.86. The number of amides is 2. The fourth-order valence-corrected chi connectivity index (χ4v) is 2.75. The van der Waals surface area contributed by atoms with Crippen molar-refractivity contribution in [2.75, 3.05) is 18.4 Å². The molecule has 1 fully saturated rings. The van der Waals surface area contributed by atoms with E-state index in [9.17, 15) is 9.59 Å². The Labute approximate surface area is 125 Å². The first-order valence-electron chi connectivity index (χ1n) is 7.49. The first-order chi connectivity index (χ1) is 10.2. The Kier molecular flexibility index (Phi) is 5.75. The quantitative estimate of drug-likeness (QED) is 0.696. The van der Waals surface area contributed by atoms with E-state index < -0.39 is 0 Å². The van der Waals surface area contributed by atoms with Crippen molar-refractivity contribution in [2.45, 2.75) is 38.1 Å². The molecule has 1 heterocycles. The van der Waals surface area contributed by atoms with Gasteiger partial charge in [0, 0.05) is 18.2 Å². The number of piperidine rings is 1. The lowest BCUT2D eigenvalue weighted by molar-refractivity contribution is -0.125. The Morgan fingerprint density at radius 2 is 2.00 bits per heavy atom. The second-order valence-corrected chi connectivity index (χ2v) is 5.58. The highest BCUT2D eigenvalue weighted by Crippen LogP contribution is 2.26. The van der Waals surface area contributed by atoms with E-state index in [1.807, 2.05) is 6.92 Å². The van der Waals surface area contributed by atoms with Crippen molar-refractivity contribution in [3.63, 3.8) is 0 Å². The molecule has 21 heavy (non-hydrogen) atoms. The van der Waals surface area contributed by atoms with Crippen molar-refractivity contribution < 1.29 is 9.59 Å². The number of rotatable bonds is 6. The first kappa shape index (κ1) is 15.5. The molecule has 1 atom stereocenters. The summed E-state index contributed by atoms with van der Waals surface area (Å²) in [6.07, 6.45) is 3.07. The molecule has 1 aromatic rings. The van der Waals surface area contributed by atoms with Crippen molar-refractivity contribution in [2.24, 2.45) is 0 Å². The van der Waals surface area contributed by atoms with Crippen LogP contribution >= 0.6 is 0 Å². The lowest BCUT2D eigenvalue weighted by atomic mass is 9.90. The van der Waals surface area contributed by atoms with Crippen LogP contribution in [0.2, 0.25) is 0 Å². The van der Waals surface area contributed by atoms with Gasteiger partial charge in [0.2, 0.25) is 12.3 Å². The second kappa shape index (κ2) is 7.78. The predicted octanol–water partition coefficient (Wildman–Crippen LogP) is 1.62. The third-order valence-corrected chi connectivity index (χ3v) is 3.85. The van der Waals surface area contributed by atoms with Crippen LogP contribution in [0.3, 0.4) is 0 Å². The zero-order valence-corrected chi connectivity index (χ0v) is 12.4. The van der Waals surface area contributed by atoms with Gasteiger partial charge in [-0.15, -0.1) is 0 Å². The predicted molar refractivity (Wildman–Crippen MR) is 83.2 cm³/mol. The Hall–Kier alpha value is -1.88. The molecule has 3 N–H and O–H groups in total. The van der Waals surface area contributed by atoms with E-state index in [0.29, 0.717) is 12.3 Å². The van der Waals surface area contributed by atoms with Gasteiger partial charge in [0.15, 0.2) is 0 Å². The van der Waals surface area contributed by atoms with Gasteiger partial charge in [0.1, 0.15) is 0 Å². The van der Waals surface area contributed by atoms with Crippen LogP contribution in [0.4, 0.5) is 5.69 Å². The molecule has 1 aliphatic rings. The van der Waals surface area contributed by atoms with Gasteiger partial charge in [-0.25, -0.2) is 0 Å². The summed E-state index contributed by atoms with van der Waals surface area (Å²) in [5.41, 5.74) is 2.38. The van der Waals surface area contributed by atoms with Gasteiger partial charge in [-0.05, 0) is 56.5 Å². The smallest absolute Gasteiger partial charge is 0.228 e. The zero-order chi connectivity index (χ0) is 15.1. The van der Waals surface area contributed by atoms with Gasteiger partial charge in [0.25, 0.3) is 0 Å². The average Bonchev–Trinajstić information content (AvgIpc) is 2.49. The highest BCUT2D eigenvalue weighted by Gasteiger charge is 2.15. The summed E-state index contributed by atoms with van der Waals surface area (Å²) in [5, 5.41) is 8.80. The molecular formula is C16H23N3O2. The summed E-state index contributed by atoms with van der Waals surface area (Å²) in [7, 11) is 0. The fourth-order valence-electron chi connectivity index (χ4n) is 2.75. The molecule has 5 nitrogen and oxygen atoms in total. The molecule has 1 aliphatic heterocycles. The SMILES string of the molecule is CC(CC(=O)NC=O)Nc1ccc(C2CCNCC2)cc1. The van der Waals surface area contributed by atoms with Crippen LogP contribution in [0.5, 0.6) is 0 Å². The number of hydrogen-bond donors (Lipinski definition) is 3. The summed E-state index contributed by atoms with van der Waals surface area (Å²) >= 11 is 0. The molecule has 0 aliphatic carbocycles. The molecule has 2 amide bonds. The maximum Gasteiger partial charge on any atom is 0.228 e. The molecule has 1 aromatic carbocycles. The summed E-state index contributed by atoms with van der Waals surface area (Å²) in [6.45, 7) is 4.10. The van der Waals surface area contributed by atoms with Crippen molar-refractivity contribution >= 4 is 18.0 Å². The Balaban J connectivity index is 1.86. The highest BCUT2D eigenvalue weighted by atomic mass is 16.2. The van der Waals surface area contributed by atoms with Crippen LogP contribution in [0.25, 0.3) is 0 Å². The second-order valence-electron chi connectivity index (χ2n) is 5.58. The van der Waals surface area contributed by atoms with Crippen molar-refractivity contribution in [3.05, 3.63) is 29.8 Å². The molecule has 0 saturated carbocycles. The van der Waals surface area contributed by atoms with Crippen LogP contribution in [-0.2, 0) is 9.59 Å². The highest BCUT2D eigenvalue weighted by molar-refractivity contribution is 5.86. The number of imide groups is 1. The molecule has 2 rings (SSSR count). The fraction of sp³-hybridized carbons (Fsp3) is 0.500. The van der Waals surface area contributed by atoms with E-state index in [-0.39, 0.29) is 18.4 Å². The van der Waals surface area contributed by atoms with E-state index in [2.05, 4.69) is 40.2 Å². The van der Waals surface area contributed by atoms with E-state index in [1.165, 1.54) is 18.4 Å². The van der Waals surface area contributed by atoms with Crippen molar-refractivity contribution in [3.8, 4) is 0 Å². The minimum Gasteiger partial charge on any atom is -0.382 e. The average molecular weight is 289 g/mol. The summed E-state index contributed by atoms with van der Waals surface area (Å²) < 4.78 is 0. The number of hydrogen-bond acceptors (Lipinski definition) is 4. The Bertz CT molecular complexity index is 467. The molecule has 0 aromatic heterocycles. The van der Waals surface area contributed by atoms with Crippen molar-refractivity contribution in [1.82, 2.24) is 10.6 Å². The lowest BCUT2D eigenvalue weighted by Gasteiger charge is -2.23. The standard InChI is InChI=1S/C16H23N3O2/c1-12(10-16(21)18-11-20)19-15-4-2-13(3-5-15)14-6-8-17-9-7-14/h2-5,11-12,14,17,19H,6-10H2,1H3,(H,18,20,21). The summed E-state index contributed by atoms with van der Waals surface area (Å²) in [4.78, 5) is 21.5. The monoisotopic (exact) mass is 289 g/mol. The van der Waals surface area contributed by atoms with Gasteiger partial charge in [0.05, 0.1) is 0 Å². The van der Waals surface area contributed by atoms with Crippen LogP contribution in [-0.4, -0.2) is 31.4 Å². The van der Waals surface area contributed by atoms with Crippen molar-refractivity contribution in [1.29, 1.82) is 0 Å². The summed E-state index contributed by atoms with van der Waals surface area (Å²) in [5.74, 6) is 0.382. The molecule has 0 spiro atoms. The minimum absolute atomic E-state index is 0.0188. The Morgan fingerprint density at radius 3 is 2.62 bits per heavy atom. The number of carbonyl (C=O) groups excluding carboxylic acids is 2. The molecular weight excluding hydrogens is 266 g/mol. The number of carbonyl (C=O) groups is 2. The first-order valence-corrected chi connectivity index (χ1v) is 7.49. The van der Waals surface area contributed by atoms with Gasteiger partial charge >= 0.3 is 0 Å².